The number of nitrogens with one attached hydrogen (secondary N) is 1. The number of aromatic nitrogens is 2. The average molecular weight is 314 g/mol. The van der Waals surface area contributed by atoms with Gasteiger partial charge in [-0.1, -0.05) is 38.1 Å². The highest BCUT2D eigenvalue weighted by Gasteiger charge is 2.12. The van der Waals surface area contributed by atoms with Gasteiger partial charge in [0.25, 0.3) is 11.5 Å². The number of amides is 1. The first kappa shape index (κ1) is 16.9. The number of hydrogen-bond acceptors (Lipinski definition) is 4. The summed E-state index contributed by atoms with van der Waals surface area (Å²) in [6, 6.07) is 10.5. The molecule has 1 unspecified atom stereocenters. The van der Waals surface area contributed by atoms with Gasteiger partial charge in [0.2, 0.25) is 0 Å². The Hall–Kier alpha value is -2.47. The molecule has 3 N–H and O–H groups in total. The summed E-state index contributed by atoms with van der Waals surface area (Å²) in [5.41, 5.74) is 8.25. The molecule has 0 saturated carbocycles. The zero-order chi connectivity index (χ0) is 17.0. The van der Waals surface area contributed by atoms with E-state index in [1.165, 1.54) is 24.7 Å². The van der Waals surface area contributed by atoms with E-state index in [2.05, 4.69) is 36.4 Å². The lowest BCUT2D eigenvalue weighted by atomic mass is 9.99. The lowest BCUT2D eigenvalue weighted by Crippen LogP contribution is -2.33. The van der Waals surface area contributed by atoms with E-state index in [4.69, 9.17) is 5.73 Å². The molecule has 23 heavy (non-hydrogen) atoms. The zero-order valence-corrected chi connectivity index (χ0v) is 13.6. The third kappa shape index (κ3) is 4.26. The van der Waals surface area contributed by atoms with Crippen molar-refractivity contribution in [3.05, 3.63) is 63.6 Å². The van der Waals surface area contributed by atoms with Crippen molar-refractivity contribution in [3.8, 4) is 0 Å². The van der Waals surface area contributed by atoms with Crippen LogP contribution in [0.1, 0.15) is 47.4 Å². The molecule has 0 radical (unpaired) electrons. The lowest BCUT2D eigenvalue weighted by Gasteiger charge is -2.14. The van der Waals surface area contributed by atoms with Crippen LogP contribution in [0, 0.1) is 0 Å². The van der Waals surface area contributed by atoms with Crippen LogP contribution in [0.25, 0.3) is 0 Å². The second-order valence-electron chi connectivity index (χ2n) is 5.82. The van der Waals surface area contributed by atoms with Crippen molar-refractivity contribution in [3.63, 3.8) is 0 Å². The van der Waals surface area contributed by atoms with Crippen LogP contribution in [0.4, 0.5) is 0 Å². The molecule has 0 aliphatic carbocycles. The fraction of sp³-hybridized carbons (Fsp3) is 0.353. The molecular formula is C17H22N4O2. The predicted octanol–water partition coefficient (Wildman–Crippen LogP) is 1.33. The molecule has 1 aromatic carbocycles. The number of aryl methyl sites for hydroxylation is 1. The van der Waals surface area contributed by atoms with Crippen molar-refractivity contribution in [2.75, 3.05) is 6.54 Å². The lowest BCUT2D eigenvalue weighted by molar-refractivity contribution is 0.0944. The molecular weight excluding hydrogens is 292 g/mol. The van der Waals surface area contributed by atoms with Gasteiger partial charge in [-0.2, -0.15) is 5.10 Å². The molecule has 0 aliphatic rings. The summed E-state index contributed by atoms with van der Waals surface area (Å²) in [6.07, 6.45) is 0. The number of hydrogen-bond donors (Lipinski definition) is 2. The van der Waals surface area contributed by atoms with Crippen LogP contribution in [0.3, 0.4) is 0 Å². The van der Waals surface area contributed by atoms with Crippen LogP contribution < -0.4 is 16.6 Å². The normalized spacial score (nSPS) is 12.2. The molecule has 1 atom stereocenters. The zero-order valence-electron chi connectivity index (χ0n) is 13.6. The number of rotatable bonds is 5. The largest absolute Gasteiger partial charge is 0.349 e. The molecule has 122 valence electrons. The van der Waals surface area contributed by atoms with Gasteiger partial charge in [-0.3, -0.25) is 9.59 Å². The summed E-state index contributed by atoms with van der Waals surface area (Å²) in [5, 5.41) is 6.65. The number of nitrogens with zero attached hydrogens (tertiary/aromatic N) is 2. The third-order valence-corrected chi connectivity index (χ3v) is 3.71. The van der Waals surface area contributed by atoms with Crippen molar-refractivity contribution in [2.45, 2.75) is 25.8 Å². The van der Waals surface area contributed by atoms with E-state index in [1.807, 2.05) is 12.1 Å². The average Bonchev–Trinajstić information content (AvgIpc) is 2.54. The van der Waals surface area contributed by atoms with E-state index in [-0.39, 0.29) is 23.2 Å². The smallest absolute Gasteiger partial charge is 0.271 e. The van der Waals surface area contributed by atoms with Gasteiger partial charge in [-0.05, 0) is 23.1 Å². The highest BCUT2D eigenvalue weighted by Crippen LogP contribution is 2.17. The minimum atomic E-state index is -0.352. The standard InChI is InChI=1S/C17H22N4O2/c1-11(2)12-4-6-13(7-5-12)14(18)10-19-17(23)15-8-9-16(22)21(3)20-15/h4-9,11,14H,10,18H2,1-3H3,(H,19,23). The molecule has 1 aromatic heterocycles. The molecule has 0 spiro atoms. The van der Waals surface area contributed by atoms with Crippen LogP contribution >= 0.6 is 0 Å². The van der Waals surface area contributed by atoms with Gasteiger partial charge in [0.15, 0.2) is 0 Å². The Labute approximate surface area is 135 Å². The maximum absolute atomic E-state index is 12.0. The molecule has 6 nitrogen and oxygen atoms in total. The van der Waals surface area contributed by atoms with E-state index in [1.54, 1.807) is 0 Å². The summed E-state index contributed by atoms with van der Waals surface area (Å²) >= 11 is 0. The van der Waals surface area contributed by atoms with Gasteiger partial charge < -0.3 is 11.1 Å². The van der Waals surface area contributed by atoms with Crippen molar-refractivity contribution >= 4 is 5.91 Å². The molecule has 6 heteroatoms. The first-order valence-corrected chi connectivity index (χ1v) is 7.56. The van der Waals surface area contributed by atoms with E-state index in [0.29, 0.717) is 12.5 Å². The SMILES string of the molecule is CC(C)c1ccc(C(N)CNC(=O)c2ccc(=O)n(C)n2)cc1. The van der Waals surface area contributed by atoms with Gasteiger partial charge in [-0.25, -0.2) is 4.68 Å². The third-order valence-electron chi connectivity index (χ3n) is 3.71. The molecule has 2 rings (SSSR count). The Kier molecular flexibility index (Phi) is 5.28. The molecule has 0 bridgehead atoms. The summed E-state index contributed by atoms with van der Waals surface area (Å²) in [6.45, 7) is 4.56. The van der Waals surface area contributed by atoms with Crippen molar-refractivity contribution in [1.82, 2.24) is 15.1 Å². The fourth-order valence-corrected chi connectivity index (χ4v) is 2.16. The highest BCUT2D eigenvalue weighted by molar-refractivity contribution is 5.92. The number of carbonyl (C=O) groups is 1. The highest BCUT2D eigenvalue weighted by atomic mass is 16.2. The second-order valence-corrected chi connectivity index (χ2v) is 5.82. The maximum atomic E-state index is 12.0. The van der Waals surface area contributed by atoms with Crippen molar-refractivity contribution in [2.24, 2.45) is 12.8 Å². The first-order valence-electron chi connectivity index (χ1n) is 7.56. The molecule has 1 amide bonds. The van der Waals surface area contributed by atoms with Crippen molar-refractivity contribution in [1.29, 1.82) is 0 Å². The summed E-state index contributed by atoms with van der Waals surface area (Å²) in [5.74, 6) is 0.116. The van der Waals surface area contributed by atoms with Gasteiger partial charge in [0, 0.05) is 25.7 Å². The van der Waals surface area contributed by atoms with Crippen LogP contribution in [0.2, 0.25) is 0 Å². The van der Waals surface area contributed by atoms with E-state index >= 15 is 0 Å². The fourth-order valence-electron chi connectivity index (χ4n) is 2.16. The summed E-state index contributed by atoms with van der Waals surface area (Å²) in [7, 11) is 1.50. The van der Waals surface area contributed by atoms with Crippen LogP contribution in [0.5, 0.6) is 0 Å². The Morgan fingerprint density at radius 3 is 2.35 bits per heavy atom. The second kappa shape index (κ2) is 7.19. The Morgan fingerprint density at radius 2 is 1.78 bits per heavy atom. The van der Waals surface area contributed by atoms with E-state index < -0.39 is 0 Å². The molecule has 2 aromatic rings. The minimum absolute atomic E-state index is 0.189. The van der Waals surface area contributed by atoms with Gasteiger partial charge in [-0.15, -0.1) is 0 Å². The van der Waals surface area contributed by atoms with Gasteiger partial charge >= 0.3 is 0 Å². The van der Waals surface area contributed by atoms with E-state index in [9.17, 15) is 9.59 Å². The van der Waals surface area contributed by atoms with Crippen molar-refractivity contribution < 1.29 is 4.79 Å². The molecule has 0 fully saturated rings. The van der Waals surface area contributed by atoms with Crippen LogP contribution in [-0.4, -0.2) is 22.2 Å². The minimum Gasteiger partial charge on any atom is -0.349 e. The maximum Gasteiger partial charge on any atom is 0.271 e. The van der Waals surface area contributed by atoms with Gasteiger partial charge in [0.1, 0.15) is 5.69 Å². The predicted molar refractivity (Wildman–Crippen MR) is 89.3 cm³/mol. The number of carbonyl (C=O) groups excluding carboxylic acids is 1. The van der Waals surface area contributed by atoms with E-state index in [0.717, 1.165) is 10.2 Å². The number of benzene rings is 1. The summed E-state index contributed by atoms with van der Waals surface area (Å²) in [4.78, 5) is 23.3. The molecule has 0 aliphatic heterocycles. The Bertz CT molecular complexity index is 735. The molecule has 0 saturated heterocycles. The Morgan fingerprint density at radius 1 is 1.17 bits per heavy atom. The summed E-state index contributed by atoms with van der Waals surface area (Å²) < 4.78 is 1.12. The topological polar surface area (TPSA) is 90.0 Å². The quantitative estimate of drug-likeness (QED) is 0.871. The molecule has 1 heterocycles. The monoisotopic (exact) mass is 314 g/mol. The number of nitrogens with two attached hydrogens (primary N) is 1. The first-order chi connectivity index (χ1) is 10.9. The van der Waals surface area contributed by atoms with Gasteiger partial charge in [0.05, 0.1) is 0 Å². The van der Waals surface area contributed by atoms with Crippen LogP contribution in [0.15, 0.2) is 41.2 Å². The van der Waals surface area contributed by atoms with Crippen LogP contribution in [-0.2, 0) is 7.05 Å². The Balaban J connectivity index is 1.97.